The van der Waals surface area contributed by atoms with Crippen LogP contribution in [0.25, 0.3) is 0 Å². The van der Waals surface area contributed by atoms with Gasteiger partial charge in [0.1, 0.15) is 23.7 Å². The fourth-order valence-electron chi connectivity index (χ4n) is 8.66. The molecule has 4 aliphatic rings. The van der Waals surface area contributed by atoms with Gasteiger partial charge >= 0.3 is 0 Å². The molecule has 4 amide bonds. The van der Waals surface area contributed by atoms with Crippen molar-refractivity contribution in [3.05, 3.63) is 35.9 Å². The first-order chi connectivity index (χ1) is 25.9. The quantitative estimate of drug-likeness (QED) is 0.166. The van der Waals surface area contributed by atoms with Gasteiger partial charge < -0.3 is 30.7 Å². The summed E-state index contributed by atoms with van der Waals surface area (Å²) in [5, 5.41) is 11.8. The lowest BCUT2D eigenvalue weighted by molar-refractivity contribution is -0.135. The van der Waals surface area contributed by atoms with Crippen molar-refractivity contribution >= 4 is 29.4 Å². The van der Waals surface area contributed by atoms with Gasteiger partial charge in [-0.2, -0.15) is 0 Å². The van der Waals surface area contributed by atoms with Gasteiger partial charge in [0, 0.05) is 19.5 Å². The summed E-state index contributed by atoms with van der Waals surface area (Å²) < 4.78 is 10.7. The van der Waals surface area contributed by atoms with E-state index in [1.54, 1.807) is 13.8 Å². The van der Waals surface area contributed by atoms with Crippen molar-refractivity contribution in [3.8, 4) is 0 Å². The number of benzene rings is 1. The van der Waals surface area contributed by atoms with Crippen LogP contribution < -0.4 is 21.3 Å². The van der Waals surface area contributed by atoms with E-state index >= 15 is 0 Å². The first-order valence-corrected chi connectivity index (χ1v) is 20.6. The molecule has 0 radical (unpaired) electrons. The average Bonchev–Trinajstić information content (AvgIpc) is 3.92. The van der Waals surface area contributed by atoms with Gasteiger partial charge in [0.2, 0.25) is 23.6 Å². The zero-order chi connectivity index (χ0) is 38.7. The lowest BCUT2D eigenvalue weighted by Gasteiger charge is -2.37. The van der Waals surface area contributed by atoms with Crippen molar-refractivity contribution in [3.63, 3.8) is 0 Å². The number of carbonyl (C=O) groups excluding carboxylic acids is 5. The minimum absolute atomic E-state index is 0.110. The number of Topliss-reactive ketones (excluding diaryl/α,β-unsaturated/α-hetero) is 1. The number of ketones is 1. The number of epoxide rings is 1. The Morgan fingerprint density at radius 1 is 0.759 bits per heavy atom. The van der Waals surface area contributed by atoms with Crippen molar-refractivity contribution in [2.24, 2.45) is 23.7 Å². The highest BCUT2D eigenvalue weighted by atomic mass is 16.6. The number of amides is 4. The fraction of sp³-hybridized carbons (Fsp3) is 0.738. The molecule has 1 aromatic carbocycles. The predicted molar refractivity (Wildman–Crippen MR) is 206 cm³/mol. The number of carbonyl (C=O) groups is 5. The molecule has 300 valence electrons. The standard InChI is InChI=1S/C42H65N5O7/c1-28(2)23-34(44-37(48)26-47-19-21-53-22-20-47)40(51)46-36(25-31-15-17-33(18-16-31)32-13-9-6-10-14-32)41(52)45-35(24-30-11-7-5-8-12-30)39(50)43-29(3)38(49)42(4)27-54-42/h5,7-8,11-12,28-29,31-36H,6,9-10,13-27H2,1-4H3,(H,43,50)(H,44,48)(H,45,52)(H,46,51)/t29-,31?,33?,34-,35-,36-,42+/m0/s1. The predicted octanol–water partition coefficient (Wildman–Crippen LogP) is 3.70. The largest absolute Gasteiger partial charge is 0.379 e. The minimum atomic E-state index is -0.996. The Bertz CT molecular complexity index is 1400. The first-order valence-electron chi connectivity index (χ1n) is 20.6. The molecule has 4 fully saturated rings. The summed E-state index contributed by atoms with van der Waals surface area (Å²) in [5.74, 6) is 0.0458. The van der Waals surface area contributed by atoms with Crippen molar-refractivity contribution in [2.75, 3.05) is 39.5 Å². The van der Waals surface area contributed by atoms with Gasteiger partial charge in [-0.15, -0.1) is 0 Å². The summed E-state index contributed by atoms with van der Waals surface area (Å²) in [7, 11) is 0. The van der Waals surface area contributed by atoms with Gasteiger partial charge in [-0.3, -0.25) is 28.9 Å². The second kappa shape index (κ2) is 20.0. The van der Waals surface area contributed by atoms with Gasteiger partial charge in [0.25, 0.3) is 0 Å². The Labute approximate surface area is 322 Å². The SMILES string of the molecule is CC(C)C[C@H](NC(=O)CN1CCOCC1)C(=O)N[C@@H](CC1CCC(C2CCCCC2)CC1)C(=O)N[C@@H](Cc1ccccc1)C(=O)N[C@@H](C)C(=O)[C@@]1(C)CO1. The minimum Gasteiger partial charge on any atom is -0.379 e. The number of ether oxygens (including phenoxy) is 2. The van der Waals surface area contributed by atoms with Crippen LogP contribution in [0.3, 0.4) is 0 Å². The second-order valence-corrected chi connectivity index (χ2v) is 17.0. The summed E-state index contributed by atoms with van der Waals surface area (Å²) in [6, 6.07) is 5.87. The fourth-order valence-corrected chi connectivity index (χ4v) is 8.66. The van der Waals surface area contributed by atoms with E-state index in [9.17, 15) is 24.0 Å². The van der Waals surface area contributed by atoms with Crippen molar-refractivity contribution in [2.45, 2.75) is 135 Å². The van der Waals surface area contributed by atoms with Crippen LogP contribution in [0.2, 0.25) is 0 Å². The molecule has 2 aliphatic carbocycles. The maximum Gasteiger partial charge on any atom is 0.243 e. The van der Waals surface area contributed by atoms with Gasteiger partial charge in [-0.25, -0.2) is 0 Å². The maximum atomic E-state index is 14.4. The number of nitrogens with one attached hydrogen (secondary N) is 4. The molecule has 2 aliphatic heterocycles. The molecule has 2 saturated heterocycles. The molecule has 12 nitrogen and oxygen atoms in total. The zero-order valence-electron chi connectivity index (χ0n) is 33.0. The number of rotatable bonds is 18. The highest BCUT2D eigenvalue weighted by Crippen LogP contribution is 2.41. The normalized spacial score (nSPS) is 25.8. The molecular formula is C42H65N5O7. The number of hydrogen-bond acceptors (Lipinski definition) is 8. The molecule has 2 heterocycles. The number of hydrogen-bond donors (Lipinski definition) is 4. The van der Waals surface area contributed by atoms with Gasteiger partial charge in [0.15, 0.2) is 5.78 Å². The molecular weight excluding hydrogens is 686 g/mol. The Morgan fingerprint density at radius 2 is 1.35 bits per heavy atom. The molecule has 1 aromatic rings. The lowest BCUT2D eigenvalue weighted by Crippen LogP contribution is -2.59. The second-order valence-electron chi connectivity index (χ2n) is 17.0. The molecule has 0 spiro atoms. The highest BCUT2D eigenvalue weighted by Gasteiger charge is 2.49. The first kappa shape index (κ1) is 41.8. The Morgan fingerprint density at radius 3 is 1.98 bits per heavy atom. The molecule has 0 unspecified atom stereocenters. The van der Waals surface area contributed by atoms with E-state index < -0.39 is 47.5 Å². The van der Waals surface area contributed by atoms with E-state index in [0.29, 0.717) is 51.7 Å². The summed E-state index contributed by atoms with van der Waals surface area (Å²) in [4.78, 5) is 70.4. The topological polar surface area (TPSA) is 158 Å². The molecule has 5 rings (SSSR count). The van der Waals surface area contributed by atoms with E-state index in [2.05, 4.69) is 21.3 Å². The van der Waals surface area contributed by atoms with E-state index in [4.69, 9.17) is 9.47 Å². The van der Waals surface area contributed by atoms with Crippen molar-refractivity contribution in [1.82, 2.24) is 26.2 Å². The van der Waals surface area contributed by atoms with E-state index in [0.717, 1.165) is 37.2 Å². The molecule has 5 atom stereocenters. The Kier molecular flexibility index (Phi) is 15.5. The third kappa shape index (κ3) is 12.6. The lowest BCUT2D eigenvalue weighted by atomic mass is 9.70. The van der Waals surface area contributed by atoms with Crippen molar-refractivity contribution < 1.29 is 33.4 Å². The molecule has 4 N–H and O–H groups in total. The average molecular weight is 752 g/mol. The van der Waals surface area contributed by atoms with E-state index in [1.807, 2.05) is 49.1 Å². The monoisotopic (exact) mass is 751 g/mol. The Hall–Kier alpha value is -3.35. The molecule has 0 bridgehead atoms. The number of nitrogens with zero attached hydrogens (tertiary/aromatic N) is 1. The van der Waals surface area contributed by atoms with Crippen LogP contribution in [0.15, 0.2) is 30.3 Å². The summed E-state index contributed by atoms with van der Waals surface area (Å²) in [6.07, 6.45) is 11.9. The summed E-state index contributed by atoms with van der Waals surface area (Å²) >= 11 is 0. The summed E-state index contributed by atoms with van der Waals surface area (Å²) in [5.41, 5.74) is -0.0589. The molecule has 0 aromatic heterocycles. The van der Waals surface area contributed by atoms with Crippen molar-refractivity contribution in [1.29, 1.82) is 0 Å². The third-order valence-electron chi connectivity index (χ3n) is 12.0. The van der Waals surface area contributed by atoms with Gasteiger partial charge in [-0.1, -0.05) is 89.1 Å². The Balaban J connectivity index is 1.31. The molecule has 12 heteroatoms. The van der Waals surface area contributed by atoms with Crippen LogP contribution in [0.4, 0.5) is 0 Å². The van der Waals surface area contributed by atoms with Crippen LogP contribution in [0.1, 0.15) is 104 Å². The number of morpholine rings is 1. The maximum absolute atomic E-state index is 14.4. The smallest absolute Gasteiger partial charge is 0.243 e. The zero-order valence-corrected chi connectivity index (χ0v) is 33.0. The highest BCUT2D eigenvalue weighted by molar-refractivity contribution is 5.98. The van der Waals surface area contributed by atoms with Crippen LogP contribution in [-0.4, -0.2) is 104 Å². The van der Waals surface area contributed by atoms with Gasteiger partial charge in [0.05, 0.1) is 32.4 Å². The van der Waals surface area contributed by atoms with E-state index in [-0.39, 0.29) is 36.5 Å². The van der Waals surface area contributed by atoms with Gasteiger partial charge in [-0.05, 0) is 68.8 Å². The van der Waals surface area contributed by atoms with Crippen LogP contribution in [0, 0.1) is 23.7 Å². The summed E-state index contributed by atoms with van der Waals surface area (Å²) in [6.45, 7) is 10.2. The van der Waals surface area contributed by atoms with Crippen LogP contribution >= 0.6 is 0 Å². The van der Waals surface area contributed by atoms with E-state index in [1.165, 1.54) is 32.1 Å². The molecule has 2 saturated carbocycles. The third-order valence-corrected chi connectivity index (χ3v) is 12.0. The van der Waals surface area contributed by atoms with Crippen LogP contribution in [0.5, 0.6) is 0 Å². The molecule has 54 heavy (non-hydrogen) atoms. The van der Waals surface area contributed by atoms with Crippen LogP contribution in [-0.2, 0) is 39.9 Å².